The normalized spacial score (nSPS) is 11.7. The van der Waals surface area contributed by atoms with Crippen molar-refractivity contribution in [2.45, 2.75) is 71.6 Å². The van der Waals surface area contributed by atoms with Crippen molar-refractivity contribution >= 4 is 41.1 Å². The zero-order valence-electron chi connectivity index (χ0n) is 28.7. The Kier molecular flexibility index (Phi) is 23.2. The number of hydrogen-bond acceptors (Lipinski definition) is 10. The van der Waals surface area contributed by atoms with Gasteiger partial charge >= 0.3 is 6.09 Å². The predicted octanol–water partition coefficient (Wildman–Crippen LogP) is 4.91. The fourth-order valence-electron chi connectivity index (χ4n) is 4.44. The van der Waals surface area contributed by atoms with Gasteiger partial charge in [0.2, 0.25) is 11.8 Å². The maximum absolute atomic E-state index is 13.1. The Balaban J connectivity index is 1.52. The predicted molar refractivity (Wildman–Crippen MR) is 186 cm³/mol. The Hall–Kier alpha value is -2.94. The molecule has 1 atom stereocenters. The Labute approximate surface area is 299 Å². The van der Waals surface area contributed by atoms with Crippen LogP contribution in [0.3, 0.4) is 0 Å². The molecule has 2 rings (SSSR count). The molecule has 1 heterocycles. The first kappa shape index (κ1) is 42.2. The molecule has 49 heavy (non-hydrogen) atoms. The van der Waals surface area contributed by atoms with Gasteiger partial charge in [-0.1, -0.05) is 48.7 Å². The highest BCUT2D eigenvalue weighted by Crippen LogP contribution is 2.12. The van der Waals surface area contributed by atoms with Crippen molar-refractivity contribution in [2.24, 2.45) is 0 Å². The molecule has 15 heteroatoms. The van der Waals surface area contributed by atoms with Gasteiger partial charge in [-0.2, -0.15) is 0 Å². The fraction of sp³-hybridized carbons (Fsp3) is 0.647. The third-order valence-corrected chi connectivity index (χ3v) is 7.62. The summed E-state index contributed by atoms with van der Waals surface area (Å²) in [5.74, 6) is 0.469. The summed E-state index contributed by atoms with van der Waals surface area (Å²) in [5.41, 5.74) is 1.25. The van der Waals surface area contributed by atoms with Crippen LogP contribution in [-0.2, 0) is 52.8 Å². The summed E-state index contributed by atoms with van der Waals surface area (Å²) in [4.78, 5) is 39.4. The van der Waals surface area contributed by atoms with Crippen LogP contribution in [-0.4, -0.2) is 106 Å². The minimum Gasteiger partial charge on any atom is -0.443 e. The highest BCUT2D eigenvalue weighted by atomic mass is 35.5. The van der Waals surface area contributed by atoms with Crippen LogP contribution in [0.15, 0.2) is 34.9 Å². The number of alkyl carbamates (subject to hydrolysis) is 1. The lowest BCUT2D eigenvalue weighted by Gasteiger charge is -2.28. The monoisotopic (exact) mass is 730 g/mol. The van der Waals surface area contributed by atoms with Crippen molar-refractivity contribution in [2.75, 3.05) is 71.8 Å². The standard InChI is InChI=1S/C34H52Cl2N4O9/c1-3-14-40(27(2)33(42)38-25-28-8-10-29(36)11-9-28)32(41)24-31-23-30(39-49-31)26-48-34(43)37-13-16-45-18-20-47-22-21-46-19-17-44-15-7-5-4-6-12-35/h8-11,23,27H,3-7,12-22,24-26H2,1-2H3,(H,37,43)(H,38,42)/t27-/m0/s1. The minimum atomic E-state index is -0.687. The van der Waals surface area contributed by atoms with Crippen LogP contribution in [0, 0.1) is 0 Å². The molecule has 0 aliphatic heterocycles. The number of halogens is 2. The number of hydrogen-bond donors (Lipinski definition) is 2. The van der Waals surface area contributed by atoms with Gasteiger partial charge in [0, 0.05) is 43.2 Å². The average Bonchev–Trinajstić information content (AvgIpc) is 3.55. The largest absolute Gasteiger partial charge is 0.443 e. The fourth-order valence-corrected chi connectivity index (χ4v) is 4.76. The van der Waals surface area contributed by atoms with Crippen molar-refractivity contribution in [3.63, 3.8) is 0 Å². The molecule has 0 aliphatic rings. The molecular formula is C34H52Cl2N4O9. The molecule has 13 nitrogen and oxygen atoms in total. The van der Waals surface area contributed by atoms with Gasteiger partial charge in [0.25, 0.3) is 0 Å². The molecule has 0 fully saturated rings. The van der Waals surface area contributed by atoms with E-state index in [0.717, 1.165) is 43.7 Å². The van der Waals surface area contributed by atoms with Gasteiger partial charge in [0.05, 0.1) is 52.7 Å². The van der Waals surface area contributed by atoms with E-state index in [0.29, 0.717) is 82.2 Å². The van der Waals surface area contributed by atoms with Gasteiger partial charge in [-0.25, -0.2) is 4.79 Å². The maximum Gasteiger partial charge on any atom is 0.407 e. The average molecular weight is 732 g/mol. The highest BCUT2D eigenvalue weighted by molar-refractivity contribution is 6.30. The van der Waals surface area contributed by atoms with Crippen LogP contribution >= 0.6 is 23.2 Å². The van der Waals surface area contributed by atoms with Crippen molar-refractivity contribution < 1.29 is 42.6 Å². The quantitative estimate of drug-likeness (QED) is 0.0914. The van der Waals surface area contributed by atoms with Crippen molar-refractivity contribution in [3.05, 3.63) is 52.4 Å². The molecule has 1 aromatic heterocycles. The SMILES string of the molecule is CCCN(C(=O)Cc1cc(COC(=O)NCCOCCOCCOCCOCCCCCCCl)no1)[C@@H](C)C(=O)NCc1ccc(Cl)cc1. The minimum absolute atomic E-state index is 0.0899. The summed E-state index contributed by atoms with van der Waals surface area (Å²) < 4.78 is 32.3. The number of alkyl halides is 1. The Morgan fingerprint density at radius 1 is 0.878 bits per heavy atom. The number of ether oxygens (including phenoxy) is 5. The van der Waals surface area contributed by atoms with E-state index in [4.69, 9.17) is 51.4 Å². The number of unbranched alkanes of at least 4 members (excludes halogenated alkanes) is 3. The van der Waals surface area contributed by atoms with Crippen LogP contribution in [0.25, 0.3) is 0 Å². The van der Waals surface area contributed by atoms with E-state index < -0.39 is 12.1 Å². The van der Waals surface area contributed by atoms with E-state index in [1.54, 1.807) is 25.1 Å². The Bertz CT molecular complexity index is 1190. The summed E-state index contributed by atoms with van der Waals surface area (Å²) >= 11 is 11.6. The first-order valence-corrected chi connectivity index (χ1v) is 17.8. The van der Waals surface area contributed by atoms with E-state index in [1.807, 2.05) is 19.1 Å². The van der Waals surface area contributed by atoms with Crippen molar-refractivity contribution in [1.29, 1.82) is 0 Å². The van der Waals surface area contributed by atoms with Crippen molar-refractivity contribution in [1.82, 2.24) is 20.7 Å². The summed E-state index contributed by atoms with van der Waals surface area (Å²) in [6.07, 6.45) is 4.32. The number of nitrogens with zero attached hydrogens (tertiary/aromatic N) is 2. The smallest absolute Gasteiger partial charge is 0.407 e. The van der Waals surface area contributed by atoms with Crippen LogP contribution < -0.4 is 10.6 Å². The first-order chi connectivity index (χ1) is 23.8. The van der Waals surface area contributed by atoms with Gasteiger partial charge in [-0.3, -0.25) is 9.59 Å². The lowest BCUT2D eigenvalue weighted by atomic mass is 10.2. The molecule has 0 radical (unpaired) electrons. The number of aromatic nitrogens is 1. The first-order valence-electron chi connectivity index (χ1n) is 16.9. The van der Waals surface area contributed by atoms with Gasteiger partial charge in [-0.15, -0.1) is 11.6 Å². The van der Waals surface area contributed by atoms with Crippen LogP contribution in [0.4, 0.5) is 4.79 Å². The number of carbonyl (C=O) groups is 3. The maximum atomic E-state index is 13.1. The van der Waals surface area contributed by atoms with Gasteiger partial charge in [0.15, 0.2) is 0 Å². The number of amides is 3. The topological polar surface area (TPSA) is 151 Å². The lowest BCUT2D eigenvalue weighted by molar-refractivity contribution is -0.139. The van der Waals surface area contributed by atoms with Gasteiger partial charge in [-0.05, 0) is 43.9 Å². The summed E-state index contributed by atoms with van der Waals surface area (Å²) in [5, 5.41) is 9.95. The second kappa shape index (κ2) is 26.9. The van der Waals surface area contributed by atoms with Gasteiger partial charge < -0.3 is 43.7 Å². The summed E-state index contributed by atoms with van der Waals surface area (Å²) in [6.45, 7) is 8.34. The van der Waals surface area contributed by atoms with E-state index in [2.05, 4.69) is 15.8 Å². The number of rotatable bonds is 28. The molecule has 276 valence electrons. The number of benzene rings is 1. The molecule has 0 bridgehead atoms. The zero-order valence-corrected chi connectivity index (χ0v) is 30.2. The van der Waals surface area contributed by atoms with E-state index in [-0.39, 0.29) is 31.4 Å². The second-order valence-electron chi connectivity index (χ2n) is 11.1. The third-order valence-electron chi connectivity index (χ3n) is 7.10. The molecule has 3 amide bonds. The number of nitrogens with one attached hydrogen (secondary N) is 2. The molecule has 2 N–H and O–H groups in total. The lowest BCUT2D eigenvalue weighted by Crippen LogP contribution is -2.48. The third kappa shape index (κ3) is 19.7. The molecular weight excluding hydrogens is 679 g/mol. The van der Waals surface area contributed by atoms with Gasteiger partial charge in [0.1, 0.15) is 24.1 Å². The molecule has 0 aliphatic carbocycles. The van der Waals surface area contributed by atoms with Crippen molar-refractivity contribution in [3.8, 4) is 0 Å². The summed E-state index contributed by atoms with van der Waals surface area (Å²) in [7, 11) is 0. The Morgan fingerprint density at radius 3 is 2.16 bits per heavy atom. The number of carbonyl (C=O) groups excluding carboxylic acids is 3. The van der Waals surface area contributed by atoms with Crippen LogP contribution in [0.2, 0.25) is 5.02 Å². The van der Waals surface area contributed by atoms with E-state index in [9.17, 15) is 14.4 Å². The Morgan fingerprint density at radius 2 is 1.51 bits per heavy atom. The molecule has 0 spiro atoms. The molecule has 2 aromatic rings. The van der Waals surface area contributed by atoms with E-state index >= 15 is 0 Å². The molecule has 1 aromatic carbocycles. The van der Waals surface area contributed by atoms with Crippen LogP contribution in [0.5, 0.6) is 0 Å². The zero-order chi connectivity index (χ0) is 35.5. The van der Waals surface area contributed by atoms with E-state index in [1.165, 1.54) is 4.90 Å². The molecule has 0 saturated heterocycles. The summed E-state index contributed by atoms with van der Waals surface area (Å²) in [6, 6.07) is 8.03. The second-order valence-corrected chi connectivity index (χ2v) is 11.9. The van der Waals surface area contributed by atoms with Crippen LogP contribution in [0.1, 0.15) is 63.0 Å². The molecule has 0 unspecified atom stereocenters. The molecule has 0 saturated carbocycles. The highest BCUT2D eigenvalue weighted by Gasteiger charge is 2.26.